The largest absolute Gasteiger partial charge is 0.393 e. The van der Waals surface area contributed by atoms with Crippen molar-refractivity contribution in [2.45, 2.75) is 25.9 Å². The molecule has 2 unspecified atom stereocenters. The van der Waals surface area contributed by atoms with E-state index < -0.39 is 0 Å². The van der Waals surface area contributed by atoms with Crippen LogP contribution in [0.5, 0.6) is 0 Å². The van der Waals surface area contributed by atoms with Gasteiger partial charge in [0, 0.05) is 19.0 Å². The van der Waals surface area contributed by atoms with E-state index in [0.29, 0.717) is 13.0 Å². The lowest BCUT2D eigenvalue weighted by molar-refractivity contribution is -0.129. The van der Waals surface area contributed by atoms with Crippen molar-refractivity contribution in [1.29, 1.82) is 0 Å². The van der Waals surface area contributed by atoms with Crippen LogP contribution < -0.4 is 0 Å². The molecule has 0 spiro atoms. The number of aliphatic hydroxyl groups excluding tert-OH is 1. The van der Waals surface area contributed by atoms with Crippen molar-refractivity contribution >= 4 is 5.91 Å². The van der Waals surface area contributed by atoms with Crippen molar-refractivity contribution in [3.05, 3.63) is 60.2 Å². The minimum atomic E-state index is -0.335. The molecule has 1 fully saturated rings. The minimum absolute atomic E-state index is 0.153. The number of hydrogen-bond donors (Lipinski definition) is 1. The molecule has 3 nitrogen and oxygen atoms in total. The molecule has 0 aliphatic carbocycles. The Morgan fingerprint density at radius 1 is 1.13 bits per heavy atom. The Labute approximate surface area is 137 Å². The number of nitrogens with zero attached hydrogens (tertiary/aromatic N) is 1. The standard InChI is InChI=1S/C20H23NO2/c1-15(22)19-11-12-21(14-19)20(23)13-16-7-9-18(10-8-16)17-5-3-2-4-6-17/h2-10,15,19,22H,11-14H2,1H3. The molecule has 0 bridgehead atoms. The first-order valence-corrected chi connectivity index (χ1v) is 8.23. The highest BCUT2D eigenvalue weighted by molar-refractivity contribution is 5.79. The van der Waals surface area contributed by atoms with Gasteiger partial charge in [-0.05, 0) is 30.0 Å². The van der Waals surface area contributed by atoms with E-state index in [1.165, 1.54) is 5.56 Å². The van der Waals surface area contributed by atoms with Gasteiger partial charge in [-0.3, -0.25) is 4.79 Å². The number of hydrogen-bond acceptors (Lipinski definition) is 2. The van der Waals surface area contributed by atoms with Gasteiger partial charge in [-0.1, -0.05) is 54.6 Å². The van der Waals surface area contributed by atoms with E-state index in [2.05, 4.69) is 24.3 Å². The molecule has 120 valence electrons. The Morgan fingerprint density at radius 2 is 1.78 bits per heavy atom. The smallest absolute Gasteiger partial charge is 0.227 e. The Morgan fingerprint density at radius 3 is 2.39 bits per heavy atom. The van der Waals surface area contributed by atoms with Crippen molar-refractivity contribution < 1.29 is 9.90 Å². The lowest BCUT2D eigenvalue weighted by Gasteiger charge is -2.18. The van der Waals surface area contributed by atoms with Crippen LogP contribution >= 0.6 is 0 Å². The van der Waals surface area contributed by atoms with E-state index in [-0.39, 0.29) is 17.9 Å². The lowest BCUT2D eigenvalue weighted by atomic mass is 10.0. The van der Waals surface area contributed by atoms with E-state index in [4.69, 9.17) is 0 Å². The van der Waals surface area contributed by atoms with Crippen molar-refractivity contribution in [3.8, 4) is 11.1 Å². The zero-order valence-electron chi connectivity index (χ0n) is 13.5. The van der Waals surface area contributed by atoms with E-state index in [0.717, 1.165) is 24.1 Å². The third kappa shape index (κ3) is 3.80. The van der Waals surface area contributed by atoms with E-state index in [9.17, 15) is 9.90 Å². The SMILES string of the molecule is CC(O)C1CCN(C(=O)Cc2ccc(-c3ccccc3)cc2)C1. The summed E-state index contributed by atoms with van der Waals surface area (Å²) < 4.78 is 0. The molecule has 23 heavy (non-hydrogen) atoms. The maximum Gasteiger partial charge on any atom is 0.227 e. The third-order valence-corrected chi connectivity index (χ3v) is 4.68. The van der Waals surface area contributed by atoms with Gasteiger partial charge < -0.3 is 10.0 Å². The van der Waals surface area contributed by atoms with Gasteiger partial charge in [-0.2, -0.15) is 0 Å². The molecule has 3 rings (SSSR count). The van der Waals surface area contributed by atoms with Gasteiger partial charge in [0.15, 0.2) is 0 Å². The average Bonchev–Trinajstić information content (AvgIpc) is 3.07. The van der Waals surface area contributed by atoms with E-state index in [1.54, 1.807) is 6.92 Å². The second-order valence-electron chi connectivity index (χ2n) is 6.37. The second-order valence-corrected chi connectivity index (χ2v) is 6.37. The topological polar surface area (TPSA) is 40.5 Å². The molecule has 1 N–H and O–H groups in total. The predicted molar refractivity (Wildman–Crippen MR) is 91.9 cm³/mol. The van der Waals surface area contributed by atoms with Crippen molar-refractivity contribution in [2.24, 2.45) is 5.92 Å². The molecule has 1 amide bonds. The first-order chi connectivity index (χ1) is 11.1. The zero-order valence-corrected chi connectivity index (χ0v) is 13.5. The van der Waals surface area contributed by atoms with Gasteiger partial charge in [-0.25, -0.2) is 0 Å². The summed E-state index contributed by atoms with van der Waals surface area (Å²) in [5.74, 6) is 0.375. The fourth-order valence-corrected chi connectivity index (χ4v) is 3.14. The summed E-state index contributed by atoms with van der Waals surface area (Å²) in [6.07, 6.45) is 0.996. The molecule has 1 aliphatic heterocycles. The summed E-state index contributed by atoms with van der Waals surface area (Å²) >= 11 is 0. The summed E-state index contributed by atoms with van der Waals surface area (Å²) in [6.45, 7) is 3.25. The minimum Gasteiger partial charge on any atom is -0.393 e. The Balaban J connectivity index is 1.61. The first-order valence-electron chi connectivity index (χ1n) is 8.23. The number of aliphatic hydroxyl groups is 1. The van der Waals surface area contributed by atoms with Gasteiger partial charge in [0.25, 0.3) is 0 Å². The number of carbonyl (C=O) groups is 1. The van der Waals surface area contributed by atoms with Gasteiger partial charge in [0.05, 0.1) is 12.5 Å². The number of likely N-dealkylation sites (tertiary alicyclic amines) is 1. The molecular weight excluding hydrogens is 286 g/mol. The summed E-state index contributed by atoms with van der Waals surface area (Å²) in [5.41, 5.74) is 3.39. The summed E-state index contributed by atoms with van der Waals surface area (Å²) in [4.78, 5) is 14.3. The molecule has 0 aromatic heterocycles. The monoisotopic (exact) mass is 309 g/mol. The number of amides is 1. The van der Waals surface area contributed by atoms with Crippen LogP contribution in [-0.4, -0.2) is 35.1 Å². The molecule has 1 heterocycles. The van der Waals surface area contributed by atoms with Crippen molar-refractivity contribution in [1.82, 2.24) is 4.90 Å². The summed E-state index contributed by atoms with van der Waals surface area (Å²) in [5, 5.41) is 9.64. The van der Waals surface area contributed by atoms with Crippen LogP contribution in [0.15, 0.2) is 54.6 Å². The normalized spacial score (nSPS) is 18.9. The highest BCUT2D eigenvalue weighted by Gasteiger charge is 2.28. The van der Waals surface area contributed by atoms with Crippen LogP contribution in [0.3, 0.4) is 0 Å². The summed E-state index contributed by atoms with van der Waals surface area (Å²) in [6, 6.07) is 18.4. The molecule has 2 aromatic rings. The molecule has 2 aromatic carbocycles. The predicted octanol–water partition coefficient (Wildman–Crippen LogP) is 3.13. The molecule has 2 atom stereocenters. The first kappa shape index (κ1) is 15.8. The van der Waals surface area contributed by atoms with Crippen molar-refractivity contribution in [3.63, 3.8) is 0 Å². The van der Waals surface area contributed by atoms with Crippen LogP contribution in [-0.2, 0) is 11.2 Å². The number of benzene rings is 2. The molecule has 3 heteroatoms. The van der Waals surface area contributed by atoms with Gasteiger partial charge in [0.2, 0.25) is 5.91 Å². The maximum atomic E-state index is 12.4. The van der Waals surface area contributed by atoms with Crippen LogP contribution in [0.2, 0.25) is 0 Å². The van der Waals surface area contributed by atoms with Gasteiger partial charge in [-0.15, -0.1) is 0 Å². The molecule has 1 saturated heterocycles. The van der Waals surface area contributed by atoms with Crippen molar-refractivity contribution in [2.75, 3.05) is 13.1 Å². The zero-order chi connectivity index (χ0) is 16.2. The highest BCUT2D eigenvalue weighted by Crippen LogP contribution is 2.22. The Kier molecular flexibility index (Phi) is 4.77. The average molecular weight is 309 g/mol. The number of rotatable bonds is 4. The third-order valence-electron chi connectivity index (χ3n) is 4.68. The fraction of sp³-hybridized carbons (Fsp3) is 0.350. The molecule has 0 radical (unpaired) electrons. The maximum absolute atomic E-state index is 12.4. The second kappa shape index (κ2) is 6.97. The van der Waals surface area contributed by atoms with E-state index in [1.807, 2.05) is 35.2 Å². The van der Waals surface area contributed by atoms with Crippen LogP contribution in [0, 0.1) is 5.92 Å². The lowest BCUT2D eigenvalue weighted by Crippen LogP contribution is -2.31. The molecule has 1 aliphatic rings. The van der Waals surface area contributed by atoms with Gasteiger partial charge >= 0.3 is 0 Å². The fourth-order valence-electron chi connectivity index (χ4n) is 3.14. The Hall–Kier alpha value is -2.13. The highest BCUT2D eigenvalue weighted by atomic mass is 16.3. The Bertz CT molecular complexity index is 649. The summed E-state index contributed by atoms with van der Waals surface area (Å²) in [7, 11) is 0. The van der Waals surface area contributed by atoms with Crippen LogP contribution in [0.1, 0.15) is 18.9 Å². The van der Waals surface area contributed by atoms with E-state index >= 15 is 0 Å². The molecule has 0 saturated carbocycles. The number of carbonyl (C=O) groups excluding carboxylic acids is 1. The van der Waals surface area contributed by atoms with Crippen LogP contribution in [0.25, 0.3) is 11.1 Å². The quantitative estimate of drug-likeness (QED) is 0.942. The van der Waals surface area contributed by atoms with Gasteiger partial charge in [0.1, 0.15) is 0 Å². The van der Waals surface area contributed by atoms with Crippen LogP contribution in [0.4, 0.5) is 0 Å². The molecular formula is C20H23NO2.